The highest BCUT2D eigenvalue weighted by atomic mass is 16.5. The van der Waals surface area contributed by atoms with Crippen LogP contribution >= 0.6 is 0 Å². The smallest absolute Gasteiger partial charge is 0.205 e. The van der Waals surface area contributed by atoms with Crippen molar-refractivity contribution in [2.75, 3.05) is 57.7 Å². The maximum absolute atomic E-state index is 10.4. The number of nitrogens with zero attached hydrogens (tertiary/aromatic N) is 4. The minimum absolute atomic E-state index is 0.111. The maximum atomic E-state index is 10.4. The van der Waals surface area contributed by atoms with Gasteiger partial charge in [-0.05, 0) is 6.92 Å². The van der Waals surface area contributed by atoms with Crippen LogP contribution in [0.15, 0.2) is 6.33 Å². The number of aromatic nitrogens is 4. The van der Waals surface area contributed by atoms with Gasteiger partial charge in [-0.1, -0.05) is 0 Å². The number of aliphatic hydroxyl groups excluding tert-OH is 2. The van der Waals surface area contributed by atoms with Crippen molar-refractivity contribution in [2.45, 2.75) is 25.7 Å². The van der Waals surface area contributed by atoms with Crippen molar-refractivity contribution >= 4 is 22.9 Å². The molecule has 0 aliphatic carbocycles. The zero-order chi connectivity index (χ0) is 19.6. The van der Waals surface area contributed by atoms with Crippen LogP contribution in [-0.4, -0.2) is 88.6 Å². The fourth-order valence-electron chi connectivity index (χ4n) is 2.52. The van der Waals surface area contributed by atoms with E-state index in [9.17, 15) is 10.2 Å². The Morgan fingerprint density at radius 2 is 2.04 bits per heavy atom. The van der Waals surface area contributed by atoms with Gasteiger partial charge in [0.1, 0.15) is 18.5 Å². The summed E-state index contributed by atoms with van der Waals surface area (Å²) in [5, 5.41) is 22.8. The fraction of sp³-hybridized carbons (Fsp3) is 0.688. The summed E-state index contributed by atoms with van der Waals surface area (Å²) in [6, 6.07) is 0. The number of nitrogens with one attached hydrogen (secondary N) is 1. The van der Waals surface area contributed by atoms with Gasteiger partial charge in [0.2, 0.25) is 5.95 Å². The number of hydrogen-bond acceptors (Lipinski definition) is 10. The van der Waals surface area contributed by atoms with Crippen LogP contribution in [0.1, 0.15) is 6.92 Å². The van der Waals surface area contributed by atoms with Crippen LogP contribution in [0.2, 0.25) is 0 Å². The van der Waals surface area contributed by atoms with Crippen LogP contribution in [0.3, 0.4) is 0 Å². The van der Waals surface area contributed by atoms with Gasteiger partial charge in [-0.3, -0.25) is 4.57 Å². The molecule has 0 fully saturated rings. The third-order valence-corrected chi connectivity index (χ3v) is 3.95. The first-order valence-electron chi connectivity index (χ1n) is 8.80. The molecule has 2 aromatic heterocycles. The van der Waals surface area contributed by atoms with E-state index in [-0.39, 0.29) is 19.0 Å². The maximum Gasteiger partial charge on any atom is 0.205 e. The number of methoxy groups -OCH3 is 1. The molecule has 0 bridgehead atoms. The summed E-state index contributed by atoms with van der Waals surface area (Å²) in [4.78, 5) is 12.6. The van der Waals surface area contributed by atoms with E-state index in [0.29, 0.717) is 50.1 Å². The number of aliphatic hydroxyl groups is 2. The summed E-state index contributed by atoms with van der Waals surface area (Å²) in [6.07, 6.45) is -0.351. The van der Waals surface area contributed by atoms with Crippen molar-refractivity contribution in [2.24, 2.45) is 0 Å². The summed E-state index contributed by atoms with van der Waals surface area (Å²) >= 11 is 0. The molecule has 2 aromatic rings. The Hall–Kier alpha value is -2.05. The molecular formula is C16H28N6O5. The molecule has 11 nitrogen and oxygen atoms in total. The average molecular weight is 384 g/mol. The zero-order valence-corrected chi connectivity index (χ0v) is 15.7. The molecule has 0 saturated heterocycles. The molecule has 152 valence electrons. The number of nitrogens with two attached hydrogens (primary N) is 1. The lowest BCUT2D eigenvalue weighted by Gasteiger charge is -2.21. The topological polar surface area (TPSA) is 150 Å². The van der Waals surface area contributed by atoms with Gasteiger partial charge in [-0.2, -0.15) is 0 Å². The summed E-state index contributed by atoms with van der Waals surface area (Å²) in [5.74, 6) is 0.715. The lowest BCUT2D eigenvalue weighted by Crippen LogP contribution is -2.35. The van der Waals surface area contributed by atoms with Crippen molar-refractivity contribution in [1.82, 2.24) is 19.5 Å². The van der Waals surface area contributed by atoms with Gasteiger partial charge in [-0.15, -0.1) is 0 Å². The molecule has 5 N–H and O–H groups in total. The summed E-state index contributed by atoms with van der Waals surface area (Å²) in [5.41, 5.74) is 6.80. The van der Waals surface area contributed by atoms with Crippen molar-refractivity contribution in [3.05, 3.63) is 6.33 Å². The van der Waals surface area contributed by atoms with E-state index in [1.54, 1.807) is 4.57 Å². The predicted octanol–water partition coefficient (Wildman–Crippen LogP) is -0.758. The molecule has 0 spiro atoms. The van der Waals surface area contributed by atoms with E-state index in [1.165, 1.54) is 13.4 Å². The highest BCUT2D eigenvalue weighted by Gasteiger charge is 2.22. The van der Waals surface area contributed by atoms with Gasteiger partial charge >= 0.3 is 0 Å². The Morgan fingerprint density at radius 3 is 2.74 bits per heavy atom. The first-order valence-corrected chi connectivity index (χ1v) is 8.80. The average Bonchev–Trinajstić information content (AvgIpc) is 3.01. The standard InChI is InChI=1S/C16H28N6O5/c1-3-26-6-7-27-5-4-18-16-21-13-14(17)19-10-20-15(13)22(16)8-11(24)12(9-23)25-2/h10-12,23-24H,3-9H2,1-2H3,(H,18,21)(H2,17,19,20). The molecule has 0 aromatic carbocycles. The molecule has 2 rings (SSSR count). The molecule has 0 aliphatic rings. The van der Waals surface area contributed by atoms with E-state index >= 15 is 0 Å². The first kappa shape index (κ1) is 21.3. The normalized spacial score (nSPS) is 13.8. The summed E-state index contributed by atoms with van der Waals surface area (Å²) in [6.45, 7) is 4.40. The van der Waals surface area contributed by atoms with Crippen LogP contribution in [0.4, 0.5) is 11.8 Å². The lowest BCUT2D eigenvalue weighted by molar-refractivity contribution is -0.0465. The molecule has 11 heteroatoms. The second-order valence-electron chi connectivity index (χ2n) is 5.74. The highest BCUT2D eigenvalue weighted by molar-refractivity contribution is 5.83. The molecule has 2 atom stereocenters. The number of rotatable bonds is 13. The fourth-order valence-corrected chi connectivity index (χ4v) is 2.52. The van der Waals surface area contributed by atoms with Crippen molar-refractivity contribution in [1.29, 1.82) is 0 Å². The monoisotopic (exact) mass is 384 g/mol. The van der Waals surface area contributed by atoms with E-state index in [0.717, 1.165) is 0 Å². The molecule has 0 aliphatic heterocycles. The van der Waals surface area contributed by atoms with Crippen LogP contribution in [0, 0.1) is 0 Å². The van der Waals surface area contributed by atoms with Gasteiger partial charge < -0.3 is 35.5 Å². The lowest BCUT2D eigenvalue weighted by atomic mass is 10.2. The van der Waals surface area contributed by atoms with Crippen LogP contribution in [0.25, 0.3) is 11.2 Å². The Balaban J connectivity index is 2.08. The Kier molecular flexibility index (Phi) is 8.61. The van der Waals surface area contributed by atoms with Gasteiger partial charge in [0.25, 0.3) is 0 Å². The Morgan fingerprint density at radius 1 is 1.26 bits per heavy atom. The molecule has 0 amide bonds. The van der Waals surface area contributed by atoms with Crippen LogP contribution < -0.4 is 11.1 Å². The minimum atomic E-state index is -0.961. The predicted molar refractivity (Wildman–Crippen MR) is 99.4 cm³/mol. The quantitative estimate of drug-likeness (QED) is 0.325. The third kappa shape index (κ3) is 5.71. The second-order valence-corrected chi connectivity index (χ2v) is 5.74. The number of anilines is 2. The summed E-state index contributed by atoms with van der Waals surface area (Å²) < 4.78 is 17.4. The van der Waals surface area contributed by atoms with Crippen molar-refractivity contribution in [3.8, 4) is 0 Å². The second kappa shape index (κ2) is 10.9. The summed E-state index contributed by atoms with van der Waals surface area (Å²) in [7, 11) is 1.43. The number of hydrogen-bond donors (Lipinski definition) is 4. The third-order valence-electron chi connectivity index (χ3n) is 3.95. The van der Waals surface area contributed by atoms with E-state index in [4.69, 9.17) is 19.9 Å². The first-order chi connectivity index (χ1) is 13.1. The van der Waals surface area contributed by atoms with E-state index in [2.05, 4.69) is 20.3 Å². The largest absolute Gasteiger partial charge is 0.394 e. The molecule has 0 saturated carbocycles. The molecular weight excluding hydrogens is 356 g/mol. The highest BCUT2D eigenvalue weighted by Crippen LogP contribution is 2.22. The number of nitrogen functional groups attached to an aromatic ring is 1. The molecule has 2 heterocycles. The molecule has 2 unspecified atom stereocenters. The Labute approximate surface area is 157 Å². The zero-order valence-electron chi connectivity index (χ0n) is 15.7. The van der Waals surface area contributed by atoms with Gasteiger partial charge in [0, 0.05) is 20.3 Å². The molecule has 27 heavy (non-hydrogen) atoms. The van der Waals surface area contributed by atoms with Crippen molar-refractivity contribution < 1.29 is 24.4 Å². The Bertz CT molecular complexity index is 693. The van der Waals surface area contributed by atoms with Crippen LogP contribution in [0.5, 0.6) is 0 Å². The number of fused-ring (bicyclic) bond motifs is 1. The van der Waals surface area contributed by atoms with E-state index in [1.807, 2.05) is 6.92 Å². The molecule has 0 radical (unpaired) electrons. The number of ether oxygens (including phenoxy) is 3. The number of imidazole rings is 1. The van der Waals surface area contributed by atoms with Gasteiger partial charge in [0.05, 0.1) is 33.0 Å². The van der Waals surface area contributed by atoms with E-state index < -0.39 is 12.2 Å². The van der Waals surface area contributed by atoms with Crippen molar-refractivity contribution in [3.63, 3.8) is 0 Å². The van der Waals surface area contributed by atoms with Gasteiger partial charge in [-0.25, -0.2) is 15.0 Å². The SMILES string of the molecule is CCOCCOCCNc1nc2c(N)ncnc2n1CC(O)C(CO)OC. The van der Waals surface area contributed by atoms with Gasteiger partial charge in [0.15, 0.2) is 17.0 Å². The minimum Gasteiger partial charge on any atom is -0.394 e. The van der Waals surface area contributed by atoms with Crippen LogP contribution in [-0.2, 0) is 20.8 Å².